The quantitative estimate of drug-likeness (QED) is 0.823. The van der Waals surface area contributed by atoms with E-state index in [9.17, 15) is 13.2 Å². The van der Waals surface area contributed by atoms with Crippen LogP contribution in [0, 0.1) is 0 Å². The number of aromatic amines is 1. The van der Waals surface area contributed by atoms with Crippen molar-refractivity contribution < 1.29 is 18.3 Å². The number of thiophene rings is 1. The third-order valence-electron chi connectivity index (χ3n) is 2.48. The van der Waals surface area contributed by atoms with Crippen LogP contribution >= 0.6 is 27.3 Å². The monoisotopic (exact) mass is 379 g/mol. The van der Waals surface area contributed by atoms with E-state index in [1.54, 1.807) is 6.20 Å². The van der Waals surface area contributed by atoms with Gasteiger partial charge in [0.05, 0.1) is 10.3 Å². The number of nitrogens with one attached hydrogen (secondary N) is 1. The Morgan fingerprint density at radius 3 is 2.80 bits per heavy atom. The molecular formula is C10H10BrN3O4S2. The summed E-state index contributed by atoms with van der Waals surface area (Å²) in [6, 6.07) is 1.14. The van der Waals surface area contributed by atoms with E-state index in [1.807, 2.05) is 0 Å². The molecule has 2 aromatic rings. The third-order valence-corrected chi connectivity index (χ3v) is 6.53. The summed E-state index contributed by atoms with van der Waals surface area (Å²) in [6.07, 6.45) is 3.12. The molecule has 0 aliphatic heterocycles. The molecule has 0 saturated carbocycles. The van der Waals surface area contributed by atoms with Gasteiger partial charge in [0, 0.05) is 19.4 Å². The minimum absolute atomic E-state index is 0.0400. The second-order valence-corrected chi connectivity index (χ2v) is 8.23. The Morgan fingerprint density at radius 2 is 2.30 bits per heavy atom. The van der Waals surface area contributed by atoms with Gasteiger partial charge in [-0.05, 0) is 22.0 Å². The normalized spacial score (nSPS) is 11.9. The van der Waals surface area contributed by atoms with Crippen LogP contribution in [-0.4, -0.2) is 40.8 Å². The van der Waals surface area contributed by atoms with E-state index in [0.29, 0.717) is 5.82 Å². The number of aromatic carboxylic acids is 1. The van der Waals surface area contributed by atoms with Crippen molar-refractivity contribution in [1.82, 2.24) is 14.3 Å². The maximum absolute atomic E-state index is 12.4. The number of carboxylic acid groups (broad SMARTS) is 1. The van der Waals surface area contributed by atoms with E-state index in [1.165, 1.54) is 13.2 Å². The summed E-state index contributed by atoms with van der Waals surface area (Å²) < 4.78 is 26.1. The zero-order chi connectivity index (χ0) is 14.9. The molecule has 7 nitrogen and oxygen atoms in total. The molecule has 0 aliphatic rings. The molecule has 0 aliphatic carbocycles. The molecule has 108 valence electrons. The number of rotatable bonds is 5. The molecule has 2 rings (SSSR count). The highest BCUT2D eigenvalue weighted by atomic mass is 79.9. The highest BCUT2D eigenvalue weighted by Crippen LogP contribution is 2.33. The van der Waals surface area contributed by atoms with Gasteiger partial charge in [0.25, 0.3) is 0 Å². The number of H-pyrrole nitrogens is 1. The summed E-state index contributed by atoms with van der Waals surface area (Å²) in [5.74, 6) is -0.660. The second-order valence-electron chi connectivity index (χ2n) is 3.85. The van der Waals surface area contributed by atoms with Gasteiger partial charge in [0.2, 0.25) is 10.0 Å². The predicted molar refractivity (Wildman–Crippen MR) is 76.2 cm³/mol. The van der Waals surface area contributed by atoms with Gasteiger partial charge in [-0.1, -0.05) is 0 Å². The van der Waals surface area contributed by atoms with E-state index in [2.05, 4.69) is 25.9 Å². The van der Waals surface area contributed by atoms with Gasteiger partial charge in [-0.2, -0.15) is 4.31 Å². The maximum atomic E-state index is 12.4. The first-order valence-electron chi connectivity index (χ1n) is 5.29. The van der Waals surface area contributed by atoms with Gasteiger partial charge < -0.3 is 10.1 Å². The molecule has 20 heavy (non-hydrogen) atoms. The van der Waals surface area contributed by atoms with Gasteiger partial charge in [-0.15, -0.1) is 11.3 Å². The van der Waals surface area contributed by atoms with Crippen molar-refractivity contribution in [1.29, 1.82) is 0 Å². The zero-order valence-electron chi connectivity index (χ0n) is 10.2. The predicted octanol–water partition coefficient (Wildman–Crippen LogP) is 1.75. The summed E-state index contributed by atoms with van der Waals surface area (Å²) >= 11 is 3.96. The topological polar surface area (TPSA) is 103 Å². The largest absolute Gasteiger partial charge is 0.477 e. The number of hydrogen-bond donors (Lipinski definition) is 2. The van der Waals surface area contributed by atoms with Gasteiger partial charge >= 0.3 is 5.97 Å². The van der Waals surface area contributed by atoms with Crippen molar-refractivity contribution in [3.63, 3.8) is 0 Å². The Labute approximate surface area is 127 Å². The molecule has 2 heterocycles. The lowest BCUT2D eigenvalue weighted by Crippen LogP contribution is -2.27. The van der Waals surface area contributed by atoms with E-state index in [4.69, 9.17) is 5.11 Å². The third kappa shape index (κ3) is 2.92. The van der Waals surface area contributed by atoms with Crippen molar-refractivity contribution in [2.75, 3.05) is 7.05 Å². The number of imidazole rings is 1. The lowest BCUT2D eigenvalue weighted by Gasteiger charge is -2.15. The van der Waals surface area contributed by atoms with E-state index >= 15 is 0 Å². The highest BCUT2D eigenvalue weighted by molar-refractivity contribution is 9.11. The molecule has 10 heteroatoms. The molecule has 0 atom stereocenters. The Balaban J connectivity index is 2.32. The van der Waals surface area contributed by atoms with Crippen LogP contribution < -0.4 is 0 Å². The van der Waals surface area contributed by atoms with Crippen LogP contribution in [-0.2, 0) is 16.6 Å². The van der Waals surface area contributed by atoms with E-state index < -0.39 is 16.0 Å². The van der Waals surface area contributed by atoms with Crippen LogP contribution in [0.25, 0.3) is 0 Å². The number of carbonyl (C=O) groups is 1. The second kappa shape index (κ2) is 5.64. The van der Waals surface area contributed by atoms with E-state index in [0.717, 1.165) is 21.7 Å². The first-order chi connectivity index (χ1) is 9.32. The minimum atomic E-state index is -3.78. The number of carboxylic acids is 1. The van der Waals surface area contributed by atoms with Crippen LogP contribution in [0.15, 0.2) is 27.1 Å². The Bertz CT molecular complexity index is 724. The molecule has 0 fully saturated rings. The fourth-order valence-electron chi connectivity index (χ4n) is 1.48. The van der Waals surface area contributed by atoms with Crippen molar-refractivity contribution >= 4 is 43.3 Å². The fraction of sp³-hybridized carbons (Fsp3) is 0.200. The molecular weight excluding hydrogens is 370 g/mol. The Hall–Kier alpha value is -1.23. The SMILES string of the molecule is CN(Cc1ncc[nH]1)S(=O)(=O)c1cc(C(=O)O)sc1Br. The first kappa shape index (κ1) is 15.2. The van der Waals surface area contributed by atoms with Crippen molar-refractivity contribution in [3.8, 4) is 0 Å². The van der Waals surface area contributed by atoms with Crippen LogP contribution in [0.3, 0.4) is 0 Å². The number of nitrogens with zero attached hydrogens (tertiary/aromatic N) is 2. The minimum Gasteiger partial charge on any atom is -0.477 e. The van der Waals surface area contributed by atoms with Gasteiger partial charge in [-0.3, -0.25) is 0 Å². The lowest BCUT2D eigenvalue weighted by molar-refractivity contribution is 0.0702. The van der Waals surface area contributed by atoms with Crippen molar-refractivity contribution in [2.24, 2.45) is 0 Å². The zero-order valence-corrected chi connectivity index (χ0v) is 13.4. The number of hydrogen-bond acceptors (Lipinski definition) is 5. The maximum Gasteiger partial charge on any atom is 0.345 e. The average molecular weight is 380 g/mol. The van der Waals surface area contributed by atoms with Crippen LogP contribution in [0.5, 0.6) is 0 Å². The summed E-state index contributed by atoms with van der Waals surface area (Å²) in [5.41, 5.74) is 0. The summed E-state index contributed by atoms with van der Waals surface area (Å²) in [5, 5.41) is 8.90. The molecule has 2 N–H and O–H groups in total. The summed E-state index contributed by atoms with van der Waals surface area (Å²) in [4.78, 5) is 17.5. The highest BCUT2D eigenvalue weighted by Gasteiger charge is 2.27. The molecule has 2 aromatic heterocycles. The van der Waals surface area contributed by atoms with Crippen molar-refractivity contribution in [3.05, 3.63) is 32.9 Å². The Kier molecular flexibility index (Phi) is 4.28. The summed E-state index contributed by atoms with van der Waals surface area (Å²) in [7, 11) is -2.38. The molecule has 0 bridgehead atoms. The standard InChI is InChI=1S/C10H10BrN3O4S2/c1-14(5-8-12-2-3-13-8)20(17,18)7-4-6(10(15)16)19-9(7)11/h2-4H,5H2,1H3,(H,12,13)(H,15,16). The lowest BCUT2D eigenvalue weighted by atomic mass is 10.5. The molecule has 0 aromatic carbocycles. The molecule has 0 unspecified atom stereocenters. The van der Waals surface area contributed by atoms with Crippen LogP contribution in [0.2, 0.25) is 0 Å². The molecule has 0 saturated heterocycles. The number of sulfonamides is 1. The van der Waals surface area contributed by atoms with Gasteiger partial charge in [-0.25, -0.2) is 18.2 Å². The number of aromatic nitrogens is 2. The average Bonchev–Trinajstić information content (AvgIpc) is 2.98. The van der Waals surface area contributed by atoms with Gasteiger partial charge in [0.1, 0.15) is 15.6 Å². The van der Waals surface area contributed by atoms with Crippen molar-refractivity contribution in [2.45, 2.75) is 11.4 Å². The Morgan fingerprint density at radius 1 is 1.60 bits per heavy atom. The smallest absolute Gasteiger partial charge is 0.345 e. The molecule has 0 amide bonds. The van der Waals surface area contributed by atoms with Crippen LogP contribution in [0.4, 0.5) is 0 Å². The molecule has 0 radical (unpaired) electrons. The first-order valence-corrected chi connectivity index (χ1v) is 8.34. The van der Waals surface area contributed by atoms with E-state index in [-0.39, 0.29) is 20.1 Å². The van der Waals surface area contributed by atoms with Crippen LogP contribution in [0.1, 0.15) is 15.5 Å². The molecule has 0 spiro atoms. The van der Waals surface area contributed by atoms with Gasteiger partial charge in [0.15, 0.2) is 0 Å². The number of halogens is 1. The fourth-order valence-corrected chi connectivity index (χ4v) is 4.96. The summed E-state index contributed by atoms with van der Waals surface area (Å²) in [6.45, 7) is 0.0695.